The summed E-state index contributed by atoms with van der Waals surface area (Å²) in [5, 5.41) is 0. The van der Waals surface area contributed by atoms with Gasteiger partial charge in [0, 0.05) is 11.3 Å². The van der Waals surface area contributed by atoms with E-state index < -0.39 is 5.97 Å². The Hall–Kier alpha value is -2.88. The average Bonchev–Trinajstić information content (AvgIpc) is 2.84. The number of anilines is 1. The number of nitrogen functional groups attached to an aromatic ring is 1. The molecule has 0 amide bonds. The Bertz CT molecular complexity index is 718. The van der Waals surface area contributed by atoms with Crippen LogP contribution in [0.5, 0.6) is 0 Å². The summed E-state index contributed by atoms with van der Waals surface area (Å²) in [5.41, 5.74) is 8.21. The van der Waals surface area contributed by atoms with Crippen molar-refractivity contribution in [3.63, 3.8) is 0 Å². The fraction of sp³-hybridized carbons (Fsp3) is 0. The number of benzene rings is 2. The fourth-order valence-corrected chi connectivity index (χ4v) is 1.90. The number of hydrogen-bond acceptors (Lipinski definition) is 4. The van der Waals surface area contributed by atoms with E-state index in [-0.39, 0.29) is 5.70 Å². The van der Waals surface area contributed by atoms with E-state index in [0.717, 1.165) is 11.1 Å². The van der Waals surface area contributed by atoms with E-state index in [2.05, 4.69) is 4.99 Å². The Kier molecular flexibility index (Phi) is 3.05. The molecule has 20 heavy (non-hydrogen) atoms. The van der Waals surface area contributed by atoms with Gasteiger partial charge >= 0.3 is 5.97 Å². The van der Waals surface area contributed by atoms with E-state index in [0.29, 0.717) is 11.6 Å². The van der Waals surface area contributed by atoms with Crippen LogP contribution in [0.1, 0.15) is 11.1 Å². The third-order valence-electron chi connectivity index (χ3n) is 2.93. The summed E-state index contributed by atoms with van der Waals surface area (Å²) in [6.07, 6.45) is 1.63. The zero-order chi connectivity index (χ0) is 13.9. The second-order valence-electron chi connectivity index (χ2n) is 4.33. The van der Waals surface area contributed by atoms with Crippen molar-refractivity contribution in [2.45, 2.75) is 0 Å². The zero-order valence-corrected chi connectivity index (χ0v) is 10.6. The molecule has 0 radical (unpaired) electrons. The Labute approximate surface area is 116 Å². The SMILES string of the molecule is Nc1ccccc1/C=C1/N=C(c2ccccc2)OC1=O. The van der Waals surface area contributed by atoms with Crippen molar-refractivity contribution in [1.29, 1.82) is 0 Å². The Balaban J connectivity index is 1.97. The number of hydrogen-bond donors (Lipinski definition) is 1. The van der Waals surface area contributed by atoms with Gasteiger partial charge in [0.2, 0.25) is 5.90 Å². The number of carbonyl (C=O) groups excluding carboxylic acids is 1. The van der Waals surface area contributed by atoms with Gasteiger partial charge in [0.15, 0.2) is 5.70 Å². The van der Waals surface area contributed by atoms with Gasteiger partial charge in [-0.3, -0.25) is 0 Å². The van der Waals surface area contributed by atoms with Crippen molar-refractivity contribution >= 4 is 23.6 Å². The molecule has 0 spiro atoms. The highest BCUT2D eigenvalue weighted by molar-refractivity contribution is 6.13. The highest BCUT2D eigenvalue weighted by atomic mass is 16.6. The molecule has 98 valence electrons. The van der Waals surface area contributed by atoms with Crippen LogP contribution in [0.15, 0.2) is 65.3 Å². The van der Waals surface area contributed by atoms with E-state index in [9.17, 15) is 4.79 Å². The van der Waals surface area contributed by atoms with Crippen molar-refractivity contribution in [3.8, 4) is 0 Å². The predicted molar refractivity (Wildman–Crippen MR) is 77.9 cm³/mol. The number of aliphatic imine (C=N–C) groups is 1. The molecule has 1 aliphatic rings. The van der Waals surface area contributed by atoms with Gasteiger partial charge in [0.05, 0.1) is 0 Å². The molecule has 2 aromatic rings. The lowest BCUT2D eigenvalue weighted by Gasteiger charge is -1.98. The topological polar surface area (TPSA) is 64.7 Å². The van der Waals surface area contributed by atoms with Crippen LogP contribution in [0.4, 0.5) is 5.69 Å². The van der Waals surface area contributed by atoms with E-state index in [1.54, 1.807) is 12.1 Å². The van der Waals surface area contributed by atoms with Gasteiger partial charge in [-0.2, -0.15) is 0 Å². The van der Waals surface area contributed by atoms with Gasteiger partial charge in [-0.05, 0) is 29.8 Å². The van der Waals surface area contributed by atoms with E-state index in [1.165, 1.54) is 0 Å². The first-order valence-electron chi connectivity index (χ1n) is 6.16. The summed E-state index contributed by atoms with van der Waals surface area (Å²) in [6.45, 7) is 0. The molecule has 0 fully saturated rings. The lowest BCUT2D eigenvalue weighted by molar-refractivity contribution is -0.129. The lowest BCUT2D eigenvalue weighted by Crippen LogP contribution is -2.05. The van der Waals surface area contributed by atoms with E-state index in [1.807, 2.05) is 48.5 Å². The predicted octanol–water partition coefficient (Wildman–Crippen LogP) is 2.61. The first-order chi connectivity index (χ1) is 9.74. The number of rotatable bonds is 2. The third kappa shape index (κ3) is 2.31. The second-order valence-corrected chi connectivity index (χ2v) is 4.33. The molecule has 1 heterocycles. The Morgan fingerprint density at radius 2 is 1.70 bits per heavy atom. The molecule has 0 bridgehead atoms. The average molecular weight is 264 g/mol. The van der Waals surface area contributed by atoms with Crippen LogP contribution in [0.3, 0.4) is 0 Å². The summed E-state index contributed by atoms with van der Waals surface area (Å²) in [4.78, 5) is 16.1. The molecule has 1 aliphatic heterocycles. The van der Waals surface area contributed by atoms with Crippen LogP contribution >= 0.6 is 0 Å². The van der Waals surface area contributed by atoms with Crippen LogP contribution in [0.2, 0.25) is 0 Å². The number of nitrogens with two attached hydrogens (primary N) is 1. The summed E-state index contributed by atoms with van der Waals surface area (Å²) in [6, 6.07) is 16.6. The van der Waals surface area contributed by atoms with E-state index in [4.69, 9.17) is 10.5 Å². The maximum atomic E-state index is 11.8. The number of nitrogens with zero attached hydrogens (tertiary/aromatic N) is 1. The van der Waals surface area contributed by atoms with Crippen molar-refractivity contribution in [2.24, 2.45) is 4.99 Å². The quantitative estimate of drug-likeness (QED) is 0.515. The molecule has 0 aromatic heterocycles. The molecule has 4 heteroatoms. The zero-order valence-electron chi connectivity index (χ0n) is 10.6. The maximum absolute atomic E-state index is 11.8. The molecule has 0 saturated carbocycles. The number of esters is 1. The number of carbonyl (C=O) groups is 1. The monoisotopic (exact) mass is 264 g/mol. The van der Waals surface area contributed by atoms with Gasteiger partial charge in [0.1, 0.15) is 0 Å². The smallest absolute Gasteiger partial charge is 0.363 e. The van der Waals surface area contributed by atoms with Crippen LogP contribution in [-0.2, 0) is 9.53 Å². The highest BCUT2D eigenvalue weighted by Gasteiger charge is 2.24. The maximum Gasteiger partial charge on any atom is 0.363 e. The molecule has 2 N–H and O–H groups in total. The fourth-order valence-electron chi connectivity index (χ4n) is 1.90. The van der Waals surface area contributed by atoms with Crippen LogP contribution < -0.4 is 5.73 Å². The summed E-state index contributed by atoms with van der Waals surface area (Å²) in [7, 11) is 0. The molecule has 0 saturated heterocycles. The van der Waals surface area contributed by atoms with Crippen molar-refractivity contribution < 1.29 is 9.53 Å². The van der Waals surface area contributed by atoms with Crippen LogP contribution in [0, 0.1) is 0 Å². The molecule has 0 aliphatic carbocycles. The van der Waals surface area contributed by atoms with Crippen molar-refractivity contribution in [3.05, 3.63) is 71.4 Å². The molecule has 0 atom stereocenters. The van der Waals surface area contributed by atoms with Gasteiger partial charge < -0.3 is 10.5 Å². The van der Waals surface area contributed by atoms with Gasteiger partial charge in [-0.1, -0.05) is 36.4 Å². The van der Waals surface area contributed by atoms with Crippen molar-refractivity contribution in [1.82, 2.24) is 0 Å². The lowest BCUT2D eigenvalue weighted by atomic mass is 10.1. The minimum atomic E-state index is -0.466. The van der Waals surface area contributed by atoms with Gasteiger partial charge in [-0.15, -0.1) is 0 Å². The summed E-state index contributed by atoms with van der Waals surface area (Å²) in [5.74, 6) is -0.150. The Morgan fingerprint density at radius 3 is 2.45 bits per heavy atom. The Morgan fingerprint density at radius 1 is 1.00 bits per heavy atom. The molecule has 0 unspecified atom stereocenters. The van der Waals surface area contributed by atoms with Gasteiger partial charge in [-0.25, -0.2) is 9.79 Å². The minimum Gasteiger partial charge on any atom is -0.402 e. The van der Waals surface area contributed by atoms with Crippen LogP contribution in [0.25, 0.3) is 6.08 Å². The standard InChI is InChI=1S/C16H12N2O2/c17-13-9-5-4-8-12(13)10-14-16(19)20-15(18-14)11-6-2-1-3-7-11/h1-10H,17H2/b14-10+. The van der Waals surface area contributed by atoms with Crippen molar-refractivity contribution in [2.75, 3.05) is 5.73 Å². The molecular formula is C16H12N2O2. The van der Waals surface area contributed by atoms with Gasteiger partial charge in [0.25, 0.3) is 0 Å². The second kappa shape index (κ2) is 5.01. The largest absolute Gasteiger partial charge is 0.402 e. The highest BCUT2D eigenvalue weighted by Crippen LogP contribution is 2.21. The molecule has 2 aromatic carbocycles. The minimum absolute atomic E-state index is 0.252. The first-order valence-corrected chi connectivity index (χ1v) is 6.16. The number of para-hydroxylation sites is 1. The molecular weight excluding hydrogens is 252 g/mol. The third-order valence-corrected chi connectivity index (χ3v) is 2.93. The number of ether oxygens (including phenoxy) is 1. The first kappa shape index (κ1) is 12.2. The normalized spacial score (nSPS) is 16.1. The van der Waals surface area contributed by atoms with E-state index >= 15 is 0 Å². The summed E-state index contributed by atoms with van der Waals surface area (Å²) < 4.78 is 5.17. The van der Waals surface area contributed by atoms with Crippen LogP contribution in [-0.4, -0.2) is 11.9 Å². The molecule has 3 rings (SSSR count). The number of cyclic esters (lactones) is 1. The summed E-state index contributed by atoms with van der Waals surface area (Å²) >= 11 is 0. The molecule has 4 nitrogen and oxygen atoms in total.